The third-order valence-corrected chi connectivity index (χ3v) is 5.02. The molecule has 26 heavy (non-hydrogen) atoms. The molecule has 0 spiro atoms. The second-order valence-electron chi connectivity index (χ2n) is 5.31. The zero-order valence-corrected chi connectivity index (χ0v) is 17.6. The van der Waals surface area contributed by atoms with E-state index in [0.717, 1.165) is 19.1 Å². The molecule has 1 aliphatic carbocycles. The number of halogens is 4. The van der Waals surface area contributed by atoms with E-state index in [0.29, 0.717) is 18.3 Å². The first-order valence-corrected chi connectivity index (χ1v) is 9.67. The van der Waals surface area contributed by atoms with E-state index < -0.39 is 0 Å². The number of hydrogen-bond donors (Lipinski definition) is 3. The SMILES string of the molecule is ON=Cc1cccc(I)c1F.ONC(=NC1CC1)c1cccc(I)c1F. The topological polar surface area (TPSA) is 77.2 Å². The molecule has 0 bridgehead atoms. The lowest BCUT2D eigenvalue weighted by atomic mass is 10.2. The first kappa shape index (κ1) is 21.0. The van der Waals surface area contributed by atoms with E-state index in [4.69, 9.17) is 10.4 Å². The molecule has 138 valence electrons. The molecule has 5 nitrogen and oxygen atoms in total. The Morgan fingerprint density at radius 2 is 1.69 bits per heavy atom. The van der Waals surface area contributed by atoms with Gasteiger partial charge < -0.3 is 5.21 Å². The summed E-state index contributed by atoms with van der Waals surface area (Å²) in [5.74, 6) is -0.488. The van der Waals surface area contributed by atoms with Crippen LogP contribution in [0.15, 0.2) is 46.5 Å². The Hall–Kier alpha value is -1.34. The summed E-state index contributed by atoms with van der Waals surface area (Å²) in [6.07, 6.45) is 3.09. The van der Waals surface area contributed by atoms with E-state index in [2.05, 4.69) is 10.1 Å². The molecule has 1 fully saturated rings. The highest BCUT2D eigenvalue weighted by molar-refractivity contribution is 14.1. The van der Waals surface area contributed by atoms with Crippen molar-refractivity contribution in [3.05, 3.63) is 66.3 Å². The van der Waals surface area contributed by atoms with Crippen molar-refractivity contribution in [2.75, 3.05) is 0 Å². The highest BCUT2D eigenvalue weighted by Gasteiger charge is 2.22. The second-order valence-corrected chi connectivity index (χ2v) is 7.63. The van der Waals surface area contributed by atoms with Crippen molar-refractivity contribution in [1.29, 1.82) is 0 Å². The minimum Gasteiger partial charge on any atom is -0.411 e. The van der Waals surface area contributed by atoms with E-state index >= 15 is 0 Å². The maximum Gasteiger partial charge on any atom is 0.155 e. The van der Waals surface area contributed by atoms with E-state index in [1.54, 1.807) is 30.3 Å². The van der Waals surface area contributed by atoms with Gasteiger partial charge in [0.25, 0.3) is 0 Å². The average Bonchev–Trinajstić information content (AvgIpc) is 3.44. The zero-order chi connectivity index (χ0) is 19.1. The monoisotopic (exact) mass is 585 g/mol. The summed E-state index contributed by atoms with van der Waals surface area (Å²) in [4.78, 5) is 4.19. The first-order chi connectivity index (χ1) is 12.5. The summed E-state index contributed by atoms with van der Waals surface area (Å²) >= 11 is 3.78. The van der Waals surface area contributed by atoms with Crippen LogP contribution in [0.4, 0.5) is 8.78 Å². The van der Waals surface area contributed by atoms with Crippen LogP contribution in [-0.4, -0.2) is 28.5 Å². The molecule has 9 heteroatoms. The van der Waals surface area contributed by atoms with Gasteiger partial charge in [0.1, 0.15) is 11.6 Å². The van der Waals surface area contributed by atoms with Gasteiger partial charge in [-0.25, -0.2) is 8.78 Å². The Labute approximate surface area is 176 Å². The van der Waals surface area contributed by atoms with E-state index in [1.807, 2.05) is 50.7 Å². The van der Waals surface area contributed by atoms with Crippen LogP contribution in [0.1, 0.15) is 24.0 Å². The Morgan fingerprint density at radius 3 is 2.27 bits per heavy atom. The number of hydroxylamine groups is 1. The minimum atomic E-state index is -0.356. The van der Waals surface area contributed by atoms with Crippen LogP contribution in [-0.2, 0) is 0 Å². The van der Waals surface area contributed by atoms with Crippen LogP contribution >= 0.6 is 45.2 Å². The summed E-state index contributed by atoms with van der Waals surface area (Å²) < 4.78 is 27.7. The molecule has 0 aromatic heterocycles. The molecule has 1 saturated carbocycles. The van der Waals surface area contributed by atoms with Crippen LogP contribution in [0.2, 0.25) is 0 Å². The summed E-state index contributed by atoms with van der Waals surface area (Å²) in [7, 11) is 0. The number of hydrogen-bond acceptors (Lipinski definition) is 4. The first-order valence-electron chi connectivity index (χ1n) is 7.51. The molecule has 1 aliphatic rings. The smallest absolute Gasteiger partial charge is 0.155 e. The van der Waals surface area contributed by atoms with Crippen molar-refractivity contribution in [2.24, 2.45) is 10.1 Å². The Balaban J connectivity index is 0.000000197. The molecule has 0 saturated heterocycles. The van der Waals surface area contributed by atoms with Crippen molar-refractivity contribution in [1.82, 2.24) is 5.48 Å². The minimum absolute atomic E-state index is 0.216. The van der Waals surface area contributed by atoms with Crippen LogP contribution < -0.4 is 5.48 Å². The van der Waals surface area contributed by atoms with Gasteiger partial charge in [0.15, 0.2) is 5.84 Å². The van der Waals surface area contributed by atoms with Gasteiger partial charge in [0.05, 0.1) is 17.8 Å². The lowest BCUT2D eigenvalue weighted by Gasteiger charge is -2.06. The number of amidine groups is 1. The van der Waals surface area contributed by atoms with Gasteiger partial charge in [-0.2, -0.15) is 0 Å². The van der Waals surface area contributed by atoms with Gasteiger partial charge in [-0.3, -0.25) is 15.7 Å². The molecular formula is C17H15F2I2N3O2. The summed E-state index contributed by atoms with van der Waals surface area (Å²) in [5, 5.41) is 19.8. The molecule has 0 atom stereocenters. The third-order valence-electron chi connectivity index (χ3n) is 3.35. The van der Waals surface area contributed by atoms with Gasteiger partial charge in [0.2, 0.25) is 0 Å². The molecule has 2 aromatic carbocycles. The Kier molecular flexibility index (Phi) is 8.15. The maximum absolute atomic E-state index is 13.7. The molecule has 0 aliphatic heterocycles. The number of rotatable bonds is 3. The fourth-order valence-electron chi connectivity index (χ4n) is 1.91. The van der Waals surface area contributed by atoms with Crippen LogP contribution in [0.25, 0.3) is 0 Å². The predicted molar refractivity (Wildman–Crippen MR) is 112 cm³/mol. The normalized spacial score (nSPS) is 14.1. The second kappa shape index (κ2) is 10.1. The molecule has 3 rings (SSSR count). The van der Waals surface area contributed by atoms with Gasteiger partial charge in [-0.15, -0.1) is 0 Å². The van der Waals surface area contributed by atoms with Gasteiger partial charge in [0, 0.05) is 12.7 Å². The molecule has 0 unspecified atom stereocenters. The summed E-state index contributed by atoms with van der Waals surface area (Å²) in [5.41, 5.74) is 2.57. The number of nitrogens with one attached hydrogen (secondary N) is 1. The van der Waals surface area contributed by atoms with E-state index in [-0.39, 0.29) is 23.5 Å². The Morgan fingerprint density at radius 1 is 1.08 bits per heavy atom. The van der Waals surface area contributed by atoms with Crippen LogP contribution in [0.3, 0.4) is 0 Å². The lowest BCUT2D eigenvalue weighted by Crippen LogP contribution is -2.22. The standard InChI is InChI=1S/C10H10FIN2O.C7H5FINO/c11-9-7(2-1-3-8(9)12)10(14-15)13-6-4-5-6;8-7-5(4-10-11)2-1-3-6(7)9/h1-3,6,15H,4-5H2,(H,13,14);1-4,11H. The predicted octanol–water partition coefficient (Wildman–Crippen LogP) is 4.56. The molecular weight excluding hydrogens is 570 g/mol. The lowest BCUT2D eigenvalue weighted by molar-refractivity contribution is 0.234. The van der Waals surface area contributed by atoms with Crippen molar-refractivity contribution in [3.63, 3.8) is 0 Å². The molecule has 0 heterocycles. The van der Waals surface area contributed by atoms with Gasteiger partial charge >= 0.3 is 0 Å². The summed E-state index contributed by atoms with van der Waals surface area (Å²) in [6.45, 7) is 0. The number of oxime groups is 1. The van der Waals surface area contributed by atoms with Crippen molar-refractivity contribution >= 4 is 57.2 Å². The fraction of sp³-hybridized carbons (Fsp3) is 0.176. The van der Waals surface area contributed by atoms with E-state index in [9.17, 15) is 8.78 Å². The molecule has 0 amide bonds. The van der Waals surface area contributed by atoms with Crippen molar-refractivity contribution < 1.29 is 19.2 Å². The quantitative estimate of drug-likeness (QED) is 0.163. The van der Waals surface area contributed by atoms with Crippen molar-refractivity contribution in [2.45, 2.75) is 18.9 Å². The summed E-state index contributed by atoms with van der Waals surface area (Å²) in [6, 6.07) is 10.1. The third kappa shape index (κ3) is 5.84. The zero-order valence-electron chi connectivity index (χ0n) is 13.3. The number of nitrogens with zero attached hydrogens (tertiary/aromatic N) is 2. The highest BCUT2D eigenvalue weighted by atomic mass is 127. The maximum atomic E-state index is 13.7. The average molecular weight is 585 g/mol. The van der Waals surface area contributed by atoms with Gasteiger partial charge in [-0.1, -0.05) is 23.4 Å². The molecule has 2 aromatic rings. The Bertz CT molecular complexity index is 828. The molecule has 0 radical (unpaired) electrons. The van der Waals surface area contributed by atoms with E-state index in [1.165, 1.54) is 6.07 Å². The molecule has 3 N–H and O–H groups in total. The largest absolute Gasteiger partial charge is 0.411 e. The van der Waals surface area contributed by atoms with Crippen LogP contribution in [0, 0.1) is 18.8 Å². The highest BCUT2D eigenvalue weighted by Crippen LogP contribution is 2.25. The van der Waals surface area contributed by atoms with Gasteiger partial charge in [-0.05, 0) is 76.2 Å². The fourth-order valence-corrected chi connectivity index (χ4v) is 2.93. The van der Waals surface area contributed by atoms with Crippen molar-refractivity contribution in [3.8, 4) is 0 Å². The number of benzene rings is 2. The van der Waals surface area contributed by atoms with Crippen LogP contribution in [0.5, 0.6) is 0 Å². The number of aliphatic imine (C=N–C) groups is 1.